The fourth-order valence-electron chi connectivity index (χ4n) is 5.75. The Bertz CT molecular complexity index is 525. The molecule has 0 heterocycles. The van der Waals surface area contributed by atoms with Crippen LogP contribution in [-0.4, -0.2) is 37.0 Å². The van der Waals surface area contributed by atoms with Gasteiger partial charge in [-0.3, -0.25) is 14.4 Å². The maximum absolute atomic E-state index is 12.8. The third-order valence-electron chi connectivity index (χ3n) is 6.41. The molecular formula is C20H32N2O4. The van der Waals surface area contributed by atoms with Crippen molar-refractivity contribution in [2.45, 2.75) is 71.3 Å². The predicted octanol–water partition coefficient (Wildman–Crippen LogP) is 2.17. The number of esters is 1. The van der Waals surface area contributed by atoms with Gasteiger partial charge in [-0.25, -0.2) is 0 Å². The van der Waals surface area contributed by atoms with E-state index in [1.165, 1.54) is 19.3 Å². The average Bonchev–Trinajstić information content (AvgIpc) is 2.56. The topological polar surface area (TPSA) is 84.5 Å². The number of hydrogen-bond acceptors (Lipinski definition) is 4. The summed E-state index contributed by atoms with van der Waals surface area (Å²) in [6.07, 6.45) is 8.62. The molecule has 2 N–H and O–H groups in total. The van der Waals surface area contributed by atoms with E-state index in [2.05, 4.69) is 17.6 Å². The molecular weight excluding hydrogens is 332 g/mol. The van der Waals surface area contributed by atoms with Crippen molar-refractivity contribution in [3.63, 3.8) is 0 Å². The van der Waals surface area contributed by atoms with Crippen LogP contribution in [0.25, 0.3) is 0 Å². The number of carbonyl (C=O) groups is 3. The SMILES string of the molecule is CCC[C@H](C)NC(=O)COC(=O)CNC(=O)C12CC3CC(CC(C3)C1)C2. The summed E-state index contributed by atoms with van der Waals surface area (Å²) >= 11 is 0. The molecule has 0 radical (unpaired) electrons. The Hall–Kier alpha value is -1.59. The molecule has 0 unspecified atom stereocenters. The standard InChI is InChI=1S/C20H32N2O4/c1-3-4-13(2)22-17(23)12-26-18(24)11-21-19(25)20-8-14-5-15(9-20)7-16(6-14)10-20/h13-16H,3-12H2,1-2H3,(H,21,25)(H,22,23)/t13-,14?,15?,16?,20?/m0/s1. The molecule has 4 bridgehead atoms. The lowest BCUT2D eigenvalue weighted by Crippen LogP contribution is -2.54. The molecule has 0 aliphatic heterocycles. The first-order valence-electron chi connectivity index (χ1n) is 10.1. The molecule has 146 valence electrons. The number of nitrogens with one attached hydrogen (secondary N) is 2. The summed E-state index contributed by atoms with van der Waals surface area (Å²) in [6, 6.07) is 0.0713. The van der Waals surface area contributed by atoms with Crippen LogP contribution in [-0.2, 0) is 19.1 Å². The summed E-state index contributed by atoms with van der Waals surface area (Å²) in [6.45, 7) is 3.53. The van der Waals surface area contributed by atoms with Crippen LogP contribution in [0.2, 0.25) is 0 Å². The Kier molecular flexibility index (Phi) is 5.88. The number of rotatable bonds is 8. The van der Waals surface area contributed by atoms with Crippen LogP contribution < -0.4 is 10.6 Å². The highest BCUT2D eigenvalue weighted by molar-refractivity contribution is 5.87. The highest BCUT2D eigenvalue weighted by Gasteiger charge is 2.54. The van der Waals surface area contributed by atoms with E-state index in [0.717, 1.165) is 32.1 Å². The zero-order chi connectivity index (χ0) is 18.7. The molecule has 0 aromatic heterocycles. The Balaban J connectivity index is 1.39. The number of hydrogen-bond donors (Lipinski definition) is 2. The first kappa shape index (κ1) is 19.2. The van der Waals surface area contributed by atoms with Gasteiger partial charge >= 0.3 is 5.97 Å². The molecule has 4 aliphatic carbocycles. The van der Waals surface area contributed by atoms with Gasteiger partial charge in [0.05, 0.1) is 0 Å². The first-order chi connectivity index (χ1) is 12.4. The number of carbonyl (C=O) groups excluding carboxylic acids is 3. The van der Waals surface area contributed by atoms with Crippen LogP contribution >= 0.6 is 0 Å². The van der Waals surface area contributed by atoms with E-state index in [9.17, 15) is 14.4 Å². The van der Waals surface area contributed by atoms with Crippen LogP contribution in [0.15, 0.2) is 0 Å². The molecule has 6 nitrogen and oxygen atoms in total. The maximum Gasteiger partial charge on any atom is 0.325 e. The van der Waals surface area contributed by atoms with Crippen molar-refractivity contribution in [1.29, 1.82) is 0 Å². The van der Waals surface area contributed by atoms with E-state index >= 15 is 0 Å². The van der Waals surface area contributed by atoms with E-state index < -0.39 is 5.97 Å². The highest BCUT2D eigenvalue weighted by atomic mass is 16.5. The Morgan fingerprint density at radius 1 is 1.08 bits per heavy atom. The second-order valence-electron chi connectivity index (χ2n) is 8.80. The van der Waals surface area contributed by atoms with Gasteiger partial charge in [-0.1, -0.05) is 13.3 Å². The van der Waals surface area contributed by atoms with Gasteiger partial charge in [-0.2, -0.15) is 0 Å². The van der Waals surface area contributed by atoms with Crippen LogP contribution in [0.4, 0.5) is 0 Å². The van der Waals surface area contributed by atoms with E-state index in [0.29, 0.717) is 17.8 Å². The van der Waals surface area contributed by atoms with Crippen LogP contribution in [0, 0.1) is 23.2 Å². The minimum atomic E-state index is -0.554. The predicted molar refractivity (Wildman–Crippen MR) is 97.1 cm³/mol. The third-order valence-corrected chi connectivity index (χ3v) is 6.41. The van der Waals surface area contributed by atoms with E-state index in [4.69, 9.17) is 4.74 Å². The fraction of sp³-hybridized carbons (Fsp3) is 0.850. The molecule has 26 heavy (non-hydrogen) atoms. The van der Waals surface area contributed by atoms with Crippen molar-refractivity contribution in [3.05, 3.63) is 0 Å². The zero-order valence-corrected chi connectivity index (χ0v) is 16.0. The largest absolute Gasteiger partial charge is 0.454 e. The molecule has 4 fully saturated rings. The first-order valence-corrected chi connectivity index (χ1v) is 10.1. The van der Waals surface area contributed by atoms with Crippen molar-refractivity contribution in [3.8, 4) is 0 Å². The van der Waals surface area contributed by atoms with Gasteiger partial charge in [0.15, 0.2) is 6.61 Å². The molecule has 0 spiro atoms. The Morgan fingerprint density at radius 2 is 1.65 bits per heavy atom. The van der Waals surface area contributed by atoms with Crippen LogP contribution in [0.1, 0.15) is 65.2 Å². The zero-order valence-electron chi connectivity index (χ0n) is 16.0. The summed E-state index contributed by atoms with van der Waals surface area (Å²) in [7, 11) is 0. The van der Waals surface area contributed by atoms with Crippen LogP contribution in [0.3, 0.4) is 0 Å². The van der Waals surface area contributed by atoms with Crippen molar-refractivity contribution >= 4 is 17.8 Å². The summed E-state index contributed by atoms with van der Waals surface area (Å²) in [5.41, 5.74) is -0.262. The Labute approximate surface area is 155 Å². The normalized spacial score (nSPS) is 32.8. The lowest BCUT2D eigenvalue weighted by molar-refractivity contribution is -0.152. The van der Waals surface area contributed by atoms with Gasteiger partial charge in [0, 0.05) is 11.5 Å². The van der Waals surface area contributed by atoms with Crippen LogP contribution in [0.5, 0.6) is 0 Å². The maximum atomic E-state index is 12.8. The molecule has 4 saturated carbocycles. The fourth-order valence-corrected chi connectivity index (χ4v) is 5.75. The molecule has 0 aromatic carbocycles. The lowest BCUT2D eigenvalue weighted by atomic mass is 9.49. The lowest BCUT2D eigenvalue weighted by Gasteiger charge is -2.55. The van der Waals surface area contributed by atoms with E-state index in [1.54, 1.807) is 0 Å². The summed E-state index contributed by atoms with van der Waals surface area (Å²) in [5.74, 6) is 1.22. The van der Waals surface area contributed by atoms with Crippen molar-refractivity contribution < 1.29 is 19.1 Å². The highest BCUT2D eigenvalue weighted by Crippen LogP contribution is 2.60. The van der Waals surface area contributed by atoms with Crippen molar-refractivity contribution in [1.82, 2.24) is 10.6 Å². The molecule has 6 heteroatoms. The van der Waals surface area contributed by atoms with Gasteiger partial charge in [-0.15, -0.1) is 0 Å². The molecule has 4 aliphatic rings. The van der Waals surface area contributed by atoms with E-state index in [-0.39, 0.29) is 36.4 Å². The minimum absolute atomic E-state index is 0.00886. The second-order valence-corrected chi connectivity index (χ2v) is 8.80. The molecule has 0 aromatic rings. The summed E-state index contributed by atoms with van der Waals surface area (Å²) in [5, 5.41) is 5.57. The van der Waals surface area contributed by atoms with Gasteiger partial charge < -0.3 is 15.4 Å². The third kappa shape index (κ3) is 4.38. The monoisotopic (exact) mass is 364 g/mol. The average molecular weight is 364 g/mol. The number of amides is 2. The Morgan fingerprint density at radius 3 is 2.19 bits per heavy atom. The number of ether oxygens (including phenoxy) is 1. The summed E-state index contributed by atoms with van der Waals surface area (Å²) in [4.78, 5) is 36.4. The molecule has 1 atom stereocenters. The molecule has 2 amide bonds. The van der Waals surface area contributed by atoms with Crippen molar-refractivity contribution in [2.24, 2.45) is 23.2 Å². The summed E-state index contributed by atoms with van der Waals surface area (Å²) < 4.78 is 4.99. The quantitative estimate of drug-likeness (QED) is 0.647. The van der Waals surface area contributed by atoms with Gasteiger partial charge in [0.2, 0.25) is 5.91 Å². The second kappa shape index (κ2) is 7.97. The van der Waals surface area contributed by atoms with Gasteiger partial charge in [-0.05, 0) is 69.6 Å². The molecule has 4 rings (SSSR count). The van der Waals surface area contributed by atoms with E-state index in [1.807, 2.05) is 6.92 Å². The minimum Gasteiger partial charge on any atom is -0.454 e. The smallest absolute Gasteiger partial charge is 0.325 e. The molecule has 0 saturated heterocycles. The van der Waals surface area contributed by atoms with Gasteiger partial charge in [0.25, 0.3) is 5.91 Å². The van der Waals surface area contributed by atoms with Crippen molar-refractivity contribution in [2.75, 3.05) is 13.2 Å². The van der Waals surface area contributed by atoms with Gasteiger partial charge in [0.1, 0.15) is 6.54 Å².